The van der Waals surface area contributed by atoms with Crippen LogP contribution in [0.3, 0.4) is 0 Å². The average molecular weight is 621 g/mol. The highest BCUT2D eigenvalue weighted by Gasteiger charge is 2.57. The van der Waals surface area contributed by atoms with Gasteiger partial charge in [0.15, 0.2) is 0 Å². The molecule has 2 aromatic carbocycles. The van der Waals surface area contributed by atoms with Gasteiger partial charge in [0.05, 0.1) is 50.2 Å². The molecule has 0 spiro atoms. The van der Waals surface area contributed by atoms with Crippen molar-refractivity contribution in [3.8, 4) is 11.6 Å². The van der Waals surface area contributed by atoms with Crippen LogP contribution in [0.2, 0.25) is 5.02 Å². The monoisotopic (exact) mass is 620 g/mol. The van der Waals surface area contributed by atoms with Gasteiger partial charge in [0.1, 0.15) is 29.5 Å². The van der Waals surface area contributed by atoms with Gasteiger partial charge in [0, 0.05) is 42.3 Å². The molecule has 9 nitrogen and oxygen atoms in total. The van der Waals surface area contributed by atoms with Gasteiger partial charge < -0.3 is 23.5 Å². The van der Waals surface area contributed by atoms with E-state index in [1.807, 2.05) is 18.2 Å². The second kappa shape index (κ2) is 11.6. The Balaban J connectivity index is 1.07. The highest BCUT2D eigenvalue weighted by Crippen LogP contribution is 2.58. The minimum absolute atomic E-state index is 0.0859. The molecule has 0 radical (unpaired) electrons. The molecule has 2 unspecified atom stereocenters. The van der Waals surface area contributed by atoms with Crippen LogP contribution in [-0.4, -0.2) is 65.4 Å². The van der Waals surface area contributed by atoms with Crippen molar-refractivity contribution in [3.05, 3.63) is 81.5 Å². The number of rotatable bonds is 10. The Labute approximate surface area is 259 Å². The number of carbonyl (C=O) groups excluding carboxylic acids is 1. The number of piperidine rings is 1. The Morgan fingerprint density at radius 1 is 1.11 bits per heavy atom. The SMILES string of the molecule is COC(=O)c1cc(OC)c2nc(CN3CC4C(C3)C4c3nc(OCc4ccc(Cl)cc4F)ccc3C)n(C[C@@H]3CCO3)c2c1. The van der Waals surface area contributed by atoms with Gasteiger partial charge in [-0.2, -0.15) is 0 Å². The summed E-state index contributed by atoms with van der Waals surface area (Å²) >= 11 is 5.88. The maximum atomic E-state index is 14.2. The Hall–Kier alpha value is -3.73. The molecule has 0 amide bonds. The minimum Gasteiger partial charge on any atom is -0.494 e. The van der Waals surface area contributed by atoms with Crippen molar-refractivity contribution >= 4 is 28.6 Å². The third kappa shape index (κ3) is 5.39. The molecule has 230 valence electrons. The van der Waals surface area contributed by atoms with E-state index in [9.17, 15) is 9.18 Å². The predicted octanol–water partition coefficient (Wildman–Crippen LogP) is 5.54. The number of nitrogens with zero attached hydrogens (tertiary/aromatic N) is 4. The molecule has 11 heteroatoms. The molecule has 0 bridgehead atoms. The summed E-state index contributed by atoms with van der Waals surface area (Å²) < 4.78 is 38.7. The van der Waals surface area contributed by atoms with Gasteiger partial charge in [-0.25, -0.2) is 19.2 Å². The Bertz CT molecular complexity index is 1730. The standard InChI is InChI=1S/C33H34ClFN4O5/c1-18-4-7-29(44-17-19-5-6-21(34)12-25(19)35)37-31(18)30-23-14-38(15-24(23)30)16-28-36-32-26(39(28)13-22-8-9-43-22)10-20(33(40)42-3)11-27(32)41-2/h4-7,10-12,22-24,30H,8-9,13-17H2,1-3H3/t22-,23?,24?,30?/m0/s1. The lowest BCUT2D eigenvalue weighted by Crippen LogP contribution is -2.33. The van der Waals surface area contributed by atoms with Crippen LogP contribution in [0.1, 0.15) is 45.3 Å². The Kier molecular flexibility index (Phi) is 7.68. The number of carbonyl (C=O) groups is 1. The second-order valence-electron chi connectivity index (χ2n) is 11.9. The summed E-state index contributed by atoms with van der Waals surface area (Å²) in [6.07, 6.45) is 1.11. The van der Waals surface area contributed by atoms with Crippen LogP contribution < -0.4 is 9.47 Å². The Morgan fingerprint density at radius 3 is 2.59 bits per heavy atom. The number of fused-ring (bicyclic) bond motifs is 2. The summed E-state index contributed by atoms with van der Waals surface area (Å²) in [5.41, 5.74) is 4.63. The molecule has 3 aliphatic rings. The van der Waals surface area contributed by atoms with E-state index >= 15 is 0 Å². The lowest BCUT2D eigenvalue weighted by atomic mass is 10.1. The second-order valence-corrected chi connectivity index (χ2v) is 12.3. The number of imidazole rings is 1. The normalized spacial score (nSPS) is 22.5. The van der Waals surface area contributed by atoms with E-state index in [0.29, 0.717) is 58.6 Å². The number of hydrogen-bond donors (Lipinski definition) is 0. The maximum Gasteiger partial charge on any atom is 0.338 e. The van der Waals surface area contributed by atoms with Gasteiger partial charge in [-0.15, -0.1) is 0 Å². The first-order valence-electron chi connectivity index (χ1n) is 14.9. The molecule has 2 aromatic heterocycles. The first-order chi connectivity index (χ1) is 21.3. The number of esters is 1. The zero-order valence-electron chi connectivity index (χ0n) is 24.9. The molecule has 3 atom stereocenters. The number of aryl methyl sites for hydroxylation is 1. The zero-order valence-corrected chi connectivity index (χ0v) is 25.6. The van der Waals surface area contributed by atoms with Gasteiger partial charge in [-0.3, -0.25) is 4.90 Å². The smallest absolute Gasteiger partial charge is 0.338 e. The molecule has 7 rings (SSSR count). The van der Waals surface area contributed by atoms with Gasteiger partial charge in [-0.05, 0) is 55.0 Å². The van der Waals surface area contributed by atoms with Gasteiger partial charge >= 0.3 is 5.97 Å². The number of pyridine rings is 1. The van der Waals surface area contributed by atoms with Crippen LogP contribution >= 0.6 is 11.6 Å². The summed E-state index contributed by atoms with van der Waals surface area (Å²) in [5.74, 6) is 2.52. The van der Waals surface area contributed by atoms with Crippen LogP contribution in [0.25, 0.3) is 11.0 Å². The molecule has 1 aliphatic carbocycles. The molecule has 0 N–H and O–H groups in total. The molecule has 2 aliphatic heterocycles. The van der Waals surface area contributed by atoms with E-state index in [-0.39, 0.29) is 12.7 Å². The summed E-state index contributed by atoms with van der Waals surface area (Å²) in [6.45, 7) is 6.15. The quantitative estimate of drug-likeness (QED) is 0.214. The van der Waals surface area contributed by atoms with E-state index in [0.717, 1.165) is 54.2 Å². The van der Waals surface area contributed by atoms with E-state index < -0.39 is 11.8 Å². The number of likely N-dealkylation sites (tertiary alicyclic amines) is 1. The van der Waals surface area contributed by atoms with Crippen molar-refractivity contribution in [2.24, 2.45) is 11.8 Å². The molecule has 3 fully saturated rings. The van der Waals surface area contributed by atoms with Gasteiger partial charge in [-0.1, -0.05) is 23.7 Å². The van der Waals surface area contributed by atoms with Gasteiger partial charge in [0.2, 0.25) is 5.88 Å². The van der Waals surface area contributed by atoms with E-state index in [1.54, 1.807) is 25.3 Å². The molecular formula is C33H34ClFN4O5. The number of hydrogen-bond acceptors (Lipinski definition) is 8. The van der Waals surface area contributed by atoms with Crippen molar-refractivity contribution in [3.63, 3.8) is 0 Å². The van der Waals surface area contributed by atoms with Crippen LogP contribution in [-0.2, 0) is 29.2 Å². The highest BCUT2D eigenvalue weighted by atomic mass is 35.5. The average Bonchev–Trinajstić information content (AvgIpc) is 3.30. The lowest BCUT2D eigenvalue weighted by Gasteiger charge is -2.28. The first-order valence-corrected chi connectivity index (χ1v) is 15.2. The number of benzene rings is 2. The maximum absolute atomic E-state index is 14.2. The molecule has 2 saturated heterocycles. The Morgan fingerprint density at radius 2 is 1.91 bits per heavy atom. The van der Waals surface area contributed by atoms with Crippen LogP contribution in [0, 0.1) is 24.6 Å². The van der Waals surface area contributed by atoms with E-state index in [2.05, 4.69) is 16.4 Å². The first kappa shape index (κ1) is 29.0. The number of halogens is 2. The summed E-state index contributed by atoms with van der Waals surface area (Å²) in [5, 5.41) is 0.355. The van der Waals surface area contributed by atoms with Crippen LogP contribution in [0.4, 0.5) is 4.39 Å². The van der Waals surface area contributed by atoms with E-state index in [4.69, 9.17) is 40.5 Å². The fourth-order valence-corrected chi connectivity index (χ4v) is 6.83. The van der Waals surface area contributed by atoms with Crippen LogP contribution in [0.15, 0.2) is 42.5 Å². The third-order valence-corrected chi connectivity index (χ3v) is 9.41. The van der Waals surface area contributed by atoms with Crippen molar-refractivity contribution in [2.75, 3.05) is 33.9 Å². The molecule has 4 heterocycles. The number of ether oxygens (including phenoxy) is 4. The fourth-order valence-electron chi connectivity index (χ4n) is 6.67. The van der Waals surface area contributed by atoms with Crippen molar-refractivity contribution < 1.29 is 28.1 Å². The fraction of sp³-hybridized carbons (Fsp3) is 0.424. The number of aromatic nitrogens is 3. The van der Waals surface area contributed by atoms with Crippen LogP contribution in [0.5, 0.6) is 11.6 Å². The molecule has 1 saturated carbocycles. The zero-order chi connectivity index (χ0) is 30.5. The van der Waals surface area contributed by atoms with Crippen molar-refractivity contribution in [1.29, 1.82) is 0 Å². The summed E-state index contributed by atoms with van der Waals surface area (Å²) in [7, 11) is 2.96. The topological polar surface area (TPSA) is 87.9 Å². The summed E-state index contributed by atoms with van der Waals surface area (Å²) in [4.78, 5) is 24.7. The largest absolute Gasteiger partial charge is 0.494 e. The lowest BCUT2D eigenvalue weighted by molar-refractivity contribution is -0.0591. The minimum atomic E-state index is -0.416. The molecular weight excluding hydrogens is 587 g/mol. The molecule has 44 heavy (non-hydrogen) atoms. The number of methoxy groups -OCH3 is 2. The highest BCUT2D eigenvalue weighted by molar-refractivity contribution is 6.30. The van der Waals surface area contributed by atoms with Crippen molar-refractivity contribution in [2.45, 2.75) is 45.1 Å². The predicted molar refractivity (Wildman–Crippen MR) is 162 cm³/mol. The van der Waals surface area contributed by atoms with E-state index in [1.165, 1.54) is 13.2 Å². The third-order valence-electron chi connectivity index (χ3n) is 9.17. The molecule has 4 aromatic rings. The van der Waals surface area contributed by atoms with Crippen molar-refractivity contribution in [1.82, 2.24) is 19.4 Å². The summed E-state index contributed by atoms with van der Waals surface area (Å²) in [6, 6.07) is 12.0. The van der Waals surface area contributed by atoms with Gasteiger partial charge in [0.25, 0.3) is 0 Å².